The Hall–Kier alpha value is -1.26. The summed E-state index contributed by atoms with van der Waals surface area (Å²) in [5, 5.41) is 11.3. The largest absolute Gasteiger partial charge is 0.481 e. The Balaban J connectivity index is 2.20. The third-order valence-corrected chi connectivity index (χ3v) is 3.07. The lowest BCUT2D eigenvalue weighted by atomic mass is 9.92. The second kappa shape index (κ2) is 5.72. The summed E-state index contributed by atoms with van der Waals surface area (Å²) < 4.78 is 0. The number of carbonyl (C=O) groups is 2. The molecular weight excluding hydrogens is 208 g/mol. The summed E-state index contributed by atoms with van der Waals surface area (Å²) in [7, 11) is 1.79. The first kappa shape index (κ1) is 12.8. The van der Waals surface area contributed by atoms with Crippen molar-refractivity contribution < 1.29 is 14.7 Å². The Kier molecular flexibility index (Phi) is 4.58. The average Bonchev–Trinajstić information content (AvgIpc) is 2.10. The molecule has 1 unspecified atom stereocenters. The van der Waals surface area contributed by atoms with Gasteiger partial charge < -0.3 is 15.3 Å². The highest BCUT2D eigenvalue weighted by molar-refractivity contribution is 5.74. The van der Waals surface area contributed by atoms with Gasteiger partial charge in [0.25, 0.3) is 0 Å². The van der Waals surface area contributed by atoms with Gasteiger partial charge >= 0.3 is 12.0 Å². The van der Waals surface area contributed by atoms with Crippen LogP contribution in [-0.2, 0) is 4.79 Å². The first-order valence-electron chi connectivity index (χ1n) is 5.73. The van der Waals surface area contributed by atoms with Gasteiger partial charge in [-0.1, -0.05) is 6.92 Å². The number of rotatable bonds is 5. The minimum absolute atomic E-state index is 0.0313. The van der Waals surface area contributed by atoms with Gasteiger partial charge in [-0.2, -0.15) is 0 Å². The van der Waals surface area contributed by atoms with E-state index in [1.807, 2.05) is 6.92 Å². The third-order valence-electron chi connectivity index (χ3n) is 3.07. The van der Waals surface area contributed by atoms with Crippen LogP contribution < -0.4 is 5.32 Å². The van der Waals surface area contributed by atoms with Gasteiger partial charge in [-0.25, -0.2) is 4.79 Å². The molecule has 5 heteroatoms. The Bertz CT molecular complexity index is 264. The van der Waals surface area contributed by atoms with Crippen LogP contribution in [0.3, 0.4) is 0 Å². The predicted molar refractivity (Wildman–Crippen MR) is 60.2 cm³/mol. The van der Waals surface area contributed by atoms with E-state index in [1.54, 1.807) is 11.9 Å². The smallest absolute Gasteiger partial charge is 0.317 e. The van der Waals surface area contributed by atoms with Gasteiger partial charge in [0.1, 0.15) is 0 Å². The van der Waals surface area contributed by atoms with Crippen LogP contribution in [0, 0.1) is 5.92 Å². The highest BCUT2D eigenvalue weighted by Gasteiger charge is 2.25. The minimum atomic E-state index is -0.825. The number of nitrogens with one attached hydrogen (secondary N) is 1. The van der Waals surface area contributed by atoms with Crippen molar-refractivity contribution in [3.63, 3.8) is 0 Å². The Morgan fingerprint density at radius 3 is 2.56 bits per heavy atom. The molecule has 1 aliphatic rings. The van der Waals surface area contributed by atoms with E-state index in [-0.39, 0.29) is 18.4 Å². The van der Waals surface area contributed by atoms with E-state index in [9.17, 15) is 9.59 Å². The van der Waals surface area contributed by atoms with Gasteiger partial charge in [0.2, 0.25) is 0 Å². The fraction of sp³-hybridized carbons (Fsp3) is 0.818. The molecule has 2 amide bonds. The van der Waals surface area contributed by atoms with E-state index in [1.165, 1.54) is 6.42 Å². The quantitative estimate of drug-likeness (QED) is 0.745. The van der Waals surface area contributed by atoms with Gasteiger partial charge in [-0.3, -0.25) is 4.79 Å². The molecule has 5 nitrogen and oxygen atoms in total. The number of hydrogen-bond acceptors (Lipinski definition) is 2. The van der Waals surface area contributed by atoms with Gasteiger partial charge in [0.15, 0.2) is 0 Å². The molecule has 0 bridgehead atoms. The zero-order valence-corrected chi connectivity index (χ0v) is 9.90. The molecule has 0 radical (unpaired) electrons. The van der Waals surface area contributed by atoms with Crippen molar-refractivity contribution in [3.05, 3.63) is 0 Å². The second-order valence-corrected chi connectivity index (χ2v) is 4.58. The van der Waals surface area contributed by atoms with Crippen LogP contribution in [0.4, 0.5) is 4.79 Å². The number of nitrogens with zero attached hydrogens (tertiary/aromatic N) is 1. The summed E-state index contributed by atoms with van der Waals surface area (Å²) in [6, 6.07) is 0.275. The highest BCUT2D eigenvalue weighted by Crippen LogP contribution is 2.23. The standard InChI is InChI=1S/C11H20N2O3/c1-8(6-10(14)15)7-12-11(16)13(2)9-4-3-5-9/h8-9H,3-7H2,1-2H3,(H,12,16)(H,14,15). The molecule has 0 heterocycles. The topological polar surface area (TPSA) is 69.6 Å². The van der Waals surface area contributed by atoms with E-state index in [0.29, 0.717) is 12.6 Å². The zero-order valence-electron chi connectivity index (χ0n) is 9.90. The summed E-state index contributed by atoms with van der Waals surface area (Å²) in [5.41, 5.74) is 0. The lowest BCUT2D eigenvalue weighted by Crippen LogP contribution is -2.47. The Morgan fingerprint density at radius 2 is 2.12 bits per heavy atom. The maximum Gasteiger partial charge on any atom is 0.317 e. The Labute approximate surface area is 95.8 Å². The first-order valence-corrected chi connectivity index (χ1v) is 5.73. The van der Waals surface area contributed by atoms with Crippen LogP contribution in [0.1, 0.15) is 32.6 Å². The van der Waals surface area contributed by atoms with Gasteiger partial charge in [-0.15, -0.1) is 0 Å². The number of hydrogen-bond donors (Lipinski definition) is 2. The molecule has 1 aliphatic carbocycles. The molecule has 0 aliphatic heterocycles. The fourth-order valence-electron chi connectivity index (χ4n) is 1.70. The van der Waals surface area contributed by atoms with Gasteiger partial charge in [0, 0.05) is 26.1 Å². The molecule has 16 heavy (non-hydrogen) atoms. The van der Waals surface area contributed by atoms with Crippen molar-refractivity contribution in [3.8, 4) is 0 Å². The van der Waals surface area contributed by atoms with E-state index in [4.69, 9.17) is 5.11 Å². The monoisotopic (exact) mass is 228 g/mol. The molecule has 0 aromatic rings. The highest BCUT2D eigenvalue weighted by atomic mass is 16.4. The Morgan fingerprint density at radius 1 is 1.50 bits per heavy atom. The number of carboxylic acid groups (broad SMARTS) is 1. The van der Waals surface area contributed by atoms with Crippen molar-refractivity contribution in [2.45, 2.75) is 38.6 Å². The molecule has 1 rings (SSSR count). The van der Waals surface area contributed by atoms with E-state index < -0.39 is 5.97 Å². The summed E-state index contributed by atoms with van der Waals surface area (Å²) in [6.07, 6.45) is 3.44. The molecule has 1 saturated carbocycles. The maximum absolute atomic E-state index is 11.6. The van der Waals surface area contributed by atoms with Crippen LogP contribution in [0.2, 0.25) is 0 Å². The first-order chi connectivity index (χ1) is 7.50. The number of carboxylic acids is 1. The number of aliphatic carboxylic acids is 1. The van der Waals surface area contributed by atoms with Crippen molar-refractivity contribution in [1.82, 2.24) is 10.2 Å². The molecule has 0 aromatic heterocycles. The van der Waals surface area contributed by atoms with Crippen LogP contribution in [0.25, 0.3) is 0 Å². The summed E-state index contributed by atoms with van der Waals surface area (Å²) in [4.78, 5) is 23.8. The van der Waals surface area contributed by atoms with E-state index >= 15 is 0 Å². The van der Waals surface area contributed by atoms with Gasteiger partial charge in [0.05, 0.1) is 0 Å². The van der Waals surface area contributed by atoms with E-state index in [0.717, 1.165) is 12.8 Å². The summed E-state index contributed by atoms with van der Waals surface area (Å²) >= 11 is 0. The van der Waals surface area contributed by atoms with E-state index in [2.05, 4.69) is 5.32 Å². The van der Waals surface area contributed by atoms with Crippen molar-refractivity contribution in [1.29, 1.82) is 0 Å². The average molecular weight is 228 g/mol. The molecule has 1 atom stereocenters. The number of urea groups is 1. The van der Waals surface area contributed by atoms with Crippen LogP contribution in [0.5, 0.6) is 0 Å². The van der Waals surface area contributed by atoms with Gasteiger partial charge in [-0.05, 0) is 25.2 Å². The normalized spacial score (nSPS) is 17.4. The number of amides is 2. The predicted octanol–water partition coefficient (Wildman–Crippen LogP) is 1.29. The maximum atomic E-state index is 11.6. The SMILES string of the molecule is CC(CNC(=O)N(C)C1CCC1)CC(=O)O. The van der Waals surface area contributed by atoms with Crippen LogP contribution in [-0.4, -0.2) is 41.6 Å². The fourth-order valence-corrected chi connectivity index (χ4v) is 1.70. The minimum Gasteiger partial charge on any atom is -0.481 e. The lowest BCUT2D eigenvalue weighted by molar-refractivity contribution is -0.137. The molecular formula is C11H20N2O3. The van der Waals surface area contributed by atoms with Crippen molar-refractivity contribution in [2.75, 3.05) is 13.6 Å². The lowest BCUT2D eigenvalue weighted by Gasteiger charge is -2.34. The molecule has 92 valence electrons. The van der Waals surface area contributed by atoms with Crippen LogP contribution in [0.15, 0.2) is 0 Å². The summed E-state index contributed by atoms with van der Waals surface area (Å²) in [6.45, 7) is 2.24. The molecule has 2 N–H and O–H groups in total. The molecule has 0 aromatic carbocycles. The molecule has 0 spiro atoms. The van der Waals surface area contributed by atoms with Crippen molar-refractivity contribution in [2.24, 2.45) is 5.92 Å². The summed E-state index contributed by atoms with van der Waals surface area (Å²) in [5.74, 6) is -0.856. The van der Waals surface area contributed by atoms with Crippen LogP contribution >= 0.6 is 0 Å². The molecule has 1 fully saturated rings. The van der Waals surface area contributed by atoms with Crippen molar-refractivity contribution >= 4 is 12.0 Å². The second-order valence-electron chi connectivity index (χ2n) is 4.58. The molecule has 0 saturated heterocycles. The number of carbonyl (C=O) groups excluding carboxylic acids is 1. The third kappa shape index (κ3) is 3.72. The zero-order chi connectivity index (χ0) is 12.1.